The van der Waals surface area contributed by atoms with Crippen LogP contribution in [-0.4, -0.2) is 63.6 Å². The summed E-state index contributed by atoms with van der Waals surface area (Å²) in [5, 5.41) is 10.3. The largest absolute Gasteiger partial charge is 0.385 e. The van der Waals surface area contributed by atoms with E-state index < -0.39 is 6.10 Å². The van der Waals surface area contributed by atoms with E-state index in [1.807, 2.05) is 36.7 Å². The number of nitrogens with zero attached hydrogens (tertiary/aromatic N) is 4. The zero-order valence-electron chi connectivity index (χ0n) is 13.2. The van der Waals surface area contributed by atoms with E-state index in [9.17, 15) is 9.90 Å². The van der Waals surface area contributed by atoms with Gasteiger partial charge in [-0.3, -0.25) is 4.79 Å². The first kappa shape index (κ1) is 16.0. The molecule has 2 unspecified atom stereocenters. The molecule has 2 rings (SSSR count). The van der Waals surface area contributed by atoms with Crippen molar-refractivity contribution in [1.29, 1.82) is 0 Å². The van der Waals surface area contributed by atoms with Crippen molar-refractivity contribution < 1.29 is 9.90 Å². The number of hydrogen-bond acceptors (Lipinski definition) is 4. The molecule has 21 heavy (non-hydrogen) atoms. The second kappa shape index (κ2) is 7.04. The monoisotopic (exact) mass is 294 g/mol. The molecule has 1 aliphatic rings. The van der Waals surface area contributed by atoms with Crippen molar-refractivity contribution in [2.24, 2.45) is 0 Å². The number of aliphatic hydroxyl groups excluding tert-OH is 1. The van der Waals surface area contributed by atoms with Gasteiger partial charge in [0.25, 0.3) is 0 Å². The van der Waals surface area contributed by atoms with E-state index in [1.165, 1.54) is 0 Å². The predicted octanol–water partition coefficient (Wildman–Crippen LogP) is 0.879. The molecule has 0 bridgehead atoms. The van der Waals surface area contributed by atoms with Crippen LogP contribution >= 0.6 is 0 Å². The molecule has 0 aromatic carbocycles. The smallest absolute Gasteiger partial charge is 0.225 e. The van der Waals surface area contributed by atoms with E-state index in [-0.39, 0.29) is 12.3 Å². The van der Waals surface area contributed by atoms with Crippen molar-refractivity contribution in [3.63, 3.8) is 0 Å². The van der Waals surface area contributed by atoms with Crippen LogP contribution in [-0.2, 0) is 11.3 Å². The maximum atomic E-state index is 12.4. The van der Waals surface area contributed by atoms with Gasteiger partial charge in [-0.15, -0.1) is 0 Å². The summed E-state index contributed by atoms with van der Waals surface area (Å²) in [6, 6.07) is 0.414. The first-order valence-electron chi connectivity index (χ1n) is 7.66. The molecule has 2 heterocycles. The average molecular weight is 294 g/mol. The first-order valence-corrected chi connectivity index (χ1v) is 7.66. The Hall–Kier alpha value is -1.40. The Kier molecular flexibility index (Phi) is 5.36. The van der Waals surface area contributed by atoms with E-state index in [0.29, 0.717) is 11.9 Å². The Labute approximate surface area is 126 Å². The van der Waals surface area contributed by atoms with Gasteiger partial charge in [-0.1, -0.05) is 0 Å². The van der Waals surface area contributed by atoms with Crippen molar-refractivity contribution in [1.82, 2.24) is 19.4 Å². The number of hydrogen-bond donors (Lipinski definition) is 1. The molecule has 1 amide bonds. The molecule has 0 spiro atoms. The molecular formula is C15H26N4O2. The molecule has 1 fully saturated rings. The summed E-state index contributed by atoms with van der Waals surface area (Å²) in [6.45, 7) is 4.28. The molecule has 0 saturated carbocycles. The van der Waals surface area contributed by atoms with Crippen LogP contribution in [0.2, 0.25) is 0 Å². The number of aryl methyl sites for hydroxylation is 1. The van der Waals surface area contributed by atoms with Gasteiger partial charge in [-0.2, -0.15) is 0 Å². The highest BCUT2D eigenvalue weighted by Crippen LogP contribution is 2.19. The van der Waals surface area contributed by atoms with Gasteiger partial charge >= 0.3 is 0 Å². The van der Waals surface area contributed by atoms with Gasteiger partial charge in [0.05, 0.1) is 6.42 Å². The van der Waals surface area contributed by atoms with Crippen LogP contribution in [0, 0.1) is 0 Å². The number of aliphatic hydroxyl groups is 1. The number of likely N-dealkylation sites (tertiary alicyclic amines) is 1. The van der Waals surface area contributed by atoms with Gasteiger partial charge in [-0.25, -0.2) is 4.98 Å². The van der Waals surface area contributed by atoms with Crippen LogP contribution in [0.25, 0.3) is 0 Å². The van der Waals surface area contributed by atoms with Crippen LogP contribution in [0.15, 0.2) is 12.4 Å². The van der Waals surface area contributed by atoms with Gasteiger partial charge in [-0.05, 0) is 33.9 Å². The van der Waals surface area contributed by atoms with Crippen molar-refractivity contribution in [3.8, 4) is 0 Å². The number of aromatic nitrogens is 2. The van der Waals surface area contributed by atoms with E-state index in [4.69, 9.17) is 0 Å². The summed E-state index contributed by atoms with van der Waals surface area (Å²) >= 11 is 0. The molecule has 0 radical (unpaired) electrons. The highest BCUT2D eigenvalue weighted by molar-refractivity contribution is 5.77. The Bertz CT molecular complexity index is 472. The topological polar surface area (TPSA) is 61.6 Å². The van der Waals surface area contributed by atoms with Gasteiger partial charge in [0.1, 0.15) is 11.9 Å². The molecule has 2 atom stereocenters. The third-order valence-corrected chi connectivity index (χ3v) is 4.23. The van der Waals surface area contributed by atoms with E-state index in [0.717, 1.165) is 32.5 Å². The number of amides is 1. The molecule has 6 nitrogen and oxygen atoms in total. The lowest BCUT2D eigenvalue weighted by Gasteiger charge is -2.36. The quantitative estimate of drug-likeness (QED) is 0.876. The fourth-order valence-corrected chi connectivity index (χ4v) is 2.87. The van der Waals surface area contributed by atoms with Crippen LogP contribution in [0.4, 0.5) is 0 Å². The minimum Gasteiger partial charge on any atom is -0.385 e. The third kappa shape index (κ3) is 3.83. The van der Waals surface area contributed by atoms with Crippen LogP contribution in [0.3, 0.4) is 0 Å². The summed E-state index contributed by atoms with van der Waals surface area (Å²) in [4.78, 5) is 20.6. The van der Waals surface area contributed by atoms with Crippen LogP contribution in [0.5, 0.6) is 0 Å². The van der Waals surface area contributed by atoms with E-state index in [2.05, 4.69) is 9.88 Å². The lowest BCUT2D eigenvalue weighted by Crippen LogP contribution is -2.47. The minimum atomic E-state index is -0.827. The Balaban J connectivity index is 1.94. The van der Waals surface area contributed by atoms with Gasteiger partial charge in [0, 0.05) is 38.1 Å². The summed E-state index contributed by atoms with van der Waals surface area (Å²) in [6.07, 6.45) is 4.92. The standard InChI is InChI=1S/C15H26N4O2/c1-4-18-9-7-16-15(18)13(20)10-14(21)19-8-5-6-12(11-19)17(2)3/h7,9,12-13,20H,4-6,8,10-11H2,1-3H3. The summed E-state index contributed by atoms with van der Waals surface area (Å²) in [5.74, 6) is 0.590. The number of carbonyl (C=O) groups is 1. The predicted molar refractivity (Wildman–Crippen MR) is 80.8 cm³/mol. The molecule has 1 aromatic heterocycles. The van der Waals surface area contributed by atoms with Gasteiger partial charge < -0.3 is 19.5 Å². The number of imidazole rings is 1. The SMILES string of the molecule is CCn1ccnc1C(O)CC(=O)N1CCCC(N(C)C)C1. The fraction of sp³-hybridized carbons (Fsp3) is 0.733. The van der Waals surface area contributed by atoms with E-state index in [1.54, 1.807) is 6.20 Å². The summed E-state index contributed by atoms with van der Waals surface area (Å²) in [5.41, 5.74) is 0. The highest BCUT2D eigenvalue weighted by atomic mass is 16.3. The second-order valence-electron chi connectivity index (χ2n) is 5.89. The molecule has 6 heteroatoms. The lowest BCUT2D eigenvalue weighted by atomic mass is 10.0. The van der Waals surface area contributed by atoms with Crippen molar-refractivity contribution in [2.45, 2.75) is 44.9 Å². The minimum absolute atomic E-state index is 0.0136. The summed E-state index contributed by atoms with van der Waals surface area (Å²) in [7, 11) is 4.09. The van der Waals surface area contributed by atoms with Crippen LogP contribution < -0.4 is 0 Å². The molecule has 0 aliphatic carbocycles. The highest BCUT2D eigenvalue weighted by Gasteiger charge is 2.27. The maximum absolute atomic E-state index is 12.4. The van der Waals surface area contributed by atoms with Gasteiger partial charge in [0.2, 0.25) is 5.91 Å². The molecular weight excluding hydrogens is 268 g/mol. The maximum Gasteiger partial charge on any atom is 0.225 e. The van der Waals surface area contributed by atoms with Crippen molar-refractivity contribution >= 4 is 5.91 Å². The zero-order chi connectivity index (χ0) is 15.4. The average Bonchev–Trinajstić information content (AvgIpc) is 2.95. The second-order valence-corrected chi connectivity index (χ2v) is 5.89. The number of rotatable bonds is 5. The first-order chi connectivity index (χ1) is 10.0. The number of likely N-dealkylation sites (N-methyl/N-ethyl adjacent to an activating group) is 1. The normalized spacial score (nSPS) is 20.8. The van der Waals surface area contributed by atoms with Crippen LogP contribution in [0.1, 0.15) is 38.1 Å². The van der Waals surface area contributed by atoms with Crippen molar-refractivity contribution in [3.05, 3.63) is 18.2 Å². The Morgan fingerprint density at radius 3 is 3.00 bits per heavy atom. The zero-order valence-corrected chi connectivity index (χ0v) is 13.2. The summed E-state index contributed by atoms with van der Waals surface area (Å²) < 4.78 is 1.87. The number of carbonyl (C=O) groups excluding carboxylic acids is 1. The third-order valence-electron chi connectivity index (χ3n) is 4.23. The van der Waals surface area contributed by atoms with Crippen molar-refractivity contribution in [2.75, 3.05) is 27.2 Å². The Morgan fingerprint density at radius 1 is 1.57 bits per heavy atom. The Morgan fingerprint density at radius 2 is 2.33 bits per heavy atom. The van der Waals surface area contributed by atoms with E-state index >= 15 is 0 Å². The molecule has 118 valence electrons. The lowest BCUT2D eigenvalue weighted by molar-refractivity contribution is -0.135. The number of piperidine rings is 1. The molecule has 1 N–H and O–H groups in total. The molecule has 1 aliphatic heterocycles. The molecule has 1 saturated heterocycles. The molecule has 1 aromatic rings. The fourth-order valence-electron chi connectivity index (χ4n) is 2.87. The van der Waals surface area contributed by atoms with Gasteiger partial charge in [0.15, 0.2) is 0 Å².